The molecule has 2 aromatic rings. The first-order chi connectivity index (χ1) is 17.7. The van der Waals surface area contributed by atoms with Crippen molar-refractivity contribution in [2.45, 2.75) is 70.2 Å². The highest BCUT2D eigenvalue weighted by molar-refractivity contribution is 6.04. The first-order valence-corrected chi connectivity index (χ1v) is 13.4. The molecule has 8 heteroatoms. The van der Waals surface area contributed by atoms with E-state index < -0.39 is 35.1 Å². The van der Waals surface area contributed by atoms with Gasteiger partial charge < -0.3 is 25.4 Å². The van der Waals surface area contributed by atoms with Gasteiger partial charge in [-0.2, -0.15) is 0 Å². The number of ether oxygens (including phenoxy) is 1. The summed E-state index contributed by atoms with van der Waals surface area (Å²) in [6, 6.07) is 12.1. The highest BCUT2D eigenvalue weighted by Gasteiger charge is 2.78. The minimum absolute atomic E-state index is 0.0969. The fourth-order valence-electron chi connectivity index (χ4n) is 6.88. The second kappa shape index (κ2) is 9.40. The maximum atomic E-state index is 14.1. The van der Waals surface area contributed by atoms with Gasteiger partial charge in [-0.25, -0.2) is 0 Å². The molecule has 3 fully saturated rings. The second-order valence-corrected chi connectivity index (χ2v) is 11.3. The Morgan fingerprint density at radius 3 is 2.54 bits per heavy atom. The van der Waals surface area contributed by atoms with Gasteiger partial charge >= 0.3 is 0 Å². The topological polar surface area (TPSA) is 108 Å². The number of carbonyl (C=O) groups is 3. The highest BCUT2D eigenvalue weighted by atomic mass is 16.5. The van der Waals surface area contributed by atoms with Crippen molar-refractivity contribution in [1.29, 1.82) is 0 Å². The predicted octanol–water partition coefficient (Wildman–Crippen LogP) is 3.09. The van der Waals surface area contributed by atoms with Crippen LogP contribution in [0.25, 0.3) is 10.8 Å². The van der Waals surface area contributed by atoms with Gasteiger partial charge in [0.25, 0.3) is 0 Å². The fourth-order valence-corrected chi connectivity index (χ4v) is 6.88. The number of anilines is 1. The number of carbonyl (C=O) groups excluding carboxylic acids is 3. The maximum absolute atomic E-state index is 14.1. The zero-order valence-electron chi connectivity index (χ0n) is 22.0. The van der Waals surface area contributed by atoms with Gasteiger partial charge in [0.15, 0.2) is 0 Å². The van der Waals surface area contributed by atoms with Gasteiger partial charge in [0.1, 0.15) is 11.6 Å². The lowest BCUT2D eigenvalue weighted by molar-refractivity contribution is -0.149. The summed E-state index contributed by atoms with van der Waals surface area (Å²) in [6.07, 6.45) is 1.86. The molecule has 8 nitrogen and oxygen atoms in total. The van der Waals surface area contributed by atoms with Gasteiger partial charge in [-0.05, 0) is 55.0 Å². The molecular formula is C29H37N3O5. The average molecular weight is 508 g/mol. The average Bonchev–Trinajstić information content (AvgIpc) is 3.44. The number of amides is 3. The van der Waals surface area contributed by atoms with E-state index in [-0.39, 0.29) is 30.2 Å². The number of rotatable bonds is 8. The van der Waals surface area contributed by atoms with E-state index >= 15 is 0 Å². The van der Waals surface area contributed by atoms with Crippen LogP contribution in [0.4, 0.5) is 5.69 Å². The first-order valence-electron chi connectivity index (χ1n) is 13.4. The minimum Gasteiger partial charge on any atom is -0.394 e. The van der Waals surface area contributed by atoms with Crippen LogP contribution in [-0.4, -0.2) is 64.2 Å². The monoisotopic (exact) mass is 507 g/mol. The largest absolute Gasteiger partial charge is 0.394 e. The third-order valence-electron chi connectivity index (χ3n) is 8.63. The van der Waals surface area contributed by atoms with E-state index in [0.29, 0.717) is 25.1 Å². The van der Waals surface area contributed by atoms with E-state index in [9.17, 15) is 19.5 Å². The molecule has 0 aromatic heterocycles. The number of aliphatic hydroxyl groups is 1. The smallest absolute Gasteiger partial charge is 0.250 e. The molecule has 0 saturated carbocycles. The maximum Gasteiger partial charge on any atom is 0.250 e. The molecule has 0 radical (unpaired) electrons. The molecule has 3 amide bonds. The third-order valence-corrected chi connectivity index (χ3v) is 8.63. The number of aliphatic hydroxyl groups excluding tert-OH is 1. The summed E-state index contributed by atoms with van der Waals surface area (Å²) in [5.41, 5.74) is -1.32. The van der Waals surface area contributed by atoms with E-state index in [0.717, 1.165) is 17.2 Å². The van der Waals surface area contributed by atoms with Gasteiger partial charge in [-0.15, -0.1) is 0 Å². The summed E-state index contributed by atoms with van der Waals surface area (Å²) in [5.74, 6) is -2.41. The van der Waals surface area contributed by atoms with Gasteiger partial charge in [0, 0.05) is 12.2 Å². The van der Waals surface area contributed by atoms with Gasteiger partial charge in [-0.3, -0.25) is 14.4 Å². The van der Waals surface area contributed by atoms with Crippen molar-refractivity contribution < 1.29 is 24.2 Å². The number of likely N-dealkylation sites (tertiary alicyclic amines) is 1. The molecule has 3 aliphatic heterocycles. The van der Waals surface area contributed by atoms with Gasteiger partial charge in [0.05, 0.1) is 30.1 Å². The molecule has 5 rings (SSSR count). The second-order valence-electron chi connectivity index (χ2n) is 11.3. The number of nitrogens with one attached hydrogen (secondary N) is 2. The van der Waals surface area contributed by atoms with Gasteiger partial charge in [0.2, 0.25) is 17.7 Å². The molecular weight excluding hydrogens is 470 g/mol. The van der Waals surface area contributed by atoms with Crippen molar-refractivity contribution in [2.24, 2.45) is 17.8 Å². The van der Waals surface area contributed by atoms with E-state index in [2.05, 4.69) is 10.6 Å². The van der Waals surface area contributed by atoms with Crippen molar-refractivity contribution in [2.75, 3.05) is 18.5 Å². The Labute approximate surface area is 217 Å². The number of benzene rings is 2. The van der Waals surface area contributed by atoms with E-state index in [1.54, 1.807) is 0 Å². The number of hydrogen-bond acceptors (Lipinski definition) is 5. The standard InChI is InChI=1S/C29H37N3O5/c1-5-14-30-25(34)22-23-27(36)32(21(16-33)17(2)3)24(29(23)13-12-28(22,4)37-29)26(35)31-20-11-10-18-8-6-7-9-19(18)15-20/h6-11,15,17,21-24,33H,5,12-14,16H2,1-4H3,(H,30,34)(H,31,35)/t21-,22-,23-,24?,28+,29?/m0/s1. The highest BCUT2D eigenvalue weighted by Crippen LogP contribution is 2.63. The fraction of sp³-hybridized carbons (Fsp3) is 0.552. The summed E-state index contributed by atoms with van der Waals surface area (Å²) >= 11 is 0. The van der Waals surface area contributed by atoms with Crippen molar-refractivity contribution in [3.8, 4) is 0 Å². The van der Waals surface area contributed by atoms with Crippen LogP contribution < -0.4 is 10.6 Å². The molecule has 1 spiro atoms. The van der Waals surface area contributed by atoms with Crippen molar-refractivity contribution in [1.82, 2.24) is 10.2 Å². The summed E-state index contributed by atoms with van der Waals surface area (Å²) < 4.78 is 6.64. The Morgan fingerprint density at radius 2 is 1.86 bits per heavy atom. The molecule has 6 atom stereocenters. The number of fused-ring (bicyclic) bond motifs is 2. The van der Waals surface area contributed by atoms with Crippen LogP contribution >= 0.6 is 0 Å². The van der Waals surface area contributed by atoms with E-state index in [1.807, 2.05) is 70.2 Å². The quantitative estimate of drug-likeness (QED) is 0.509. The van der Waals surface area contributed by atoms with Crippen LogP contribution in [-0.2, 0) is 19.1 Å². The van der Waals surface area contributed by atoms with Crippen LogP contribution in [0.1, 0.15) is 47.0 Å². The Morgan fingerprint density at radius 1 is 1.14 bits per heavy atom. The summed E-state index contributed by atoms with van der Waals surface area (Å²) in [5, 5.41) is 18.3. The van der Waals surface area contributed by atoms with E-state index in [1.165, 1.54) is 4.90 Å². The van der Waals surface area contributed by atoms with Crippen LogP contribution in [0.15, 0.2) is 42.5 Å². The molecule has 37 heavy (non-hydrogen) atoms. The first kappa shape index (κ1) is 25.7. The third kappa shape index (κ3) is 3.92. The SMILES string of the molecule is CCCNC(=O)[C@@H]1[C@H]2C(=O)N([C@@H](CO)C(C)C)C(C(=O)Nc3ccc4ccccc4c3)C23CC[C@@]1(C)O3. The van der Waals surface area contributed by atoms with Crippen LogP contribution in [0.3, 0.4) is 0 Å². The molecule has 3 aliphatic rings. The number of nitrogens with zero attached hydrogens (tertiary/aromatic N) is 1. The lowest BCUT2D eigenvalue weighted by Crippen LogP contribution is -2.57. The summed E-state index contributed by atoms with van der Waals surface area (Å²) in [4.78, 5) is 43.1. The van der Waals surface area contributed by atoms with Crippen molar-refractivity contribution >= 4 is 34.2 Å². The molecule has 0 aliphatic carbocycles. The van der Waals surface area contributed by atoms with Crippen molar-refractivity contribution in [3.05, 3.63) is 42.5 Å². The molecule has 2 bridgehead atoms. The predicted molar refractivity (Wildman–Crippen MR) is 141 cm³/mol. The molecule has 3 saturated heterocycles. The van der Waals surface area contributed by atoms with Crippen LogP contribution in [0.2, 0.25) is 0 Å². The zero-order valence-corrected chi connectivity index (χ0v) is 22.0. The lowest BCUT2D eigenvalue weighted by atomic mass is 9.66. The van der Waals surface area contributed by atoms with E-state index in [4.69, 9.17) is 4.74 Å². The molecule has 198 valence electrons. The number of hydrogen-bond donors (Lipinski definition) is 3. The van der Waals surface area contributed by atoms with Crippen LogP contribution in [0.5, 0.6) is 0 Å². The van der Waals surface area contributed by atoms with Crippen molar-refractivity contribution in [3.63, 3.8) is 0 Å². The van der Waals surface area contributed by atoms with Crippen LogP contribution in [0, 0.1) is 17.8 Å². The van der Waals surface area contributed by atoms with Gasteiger partial charge in [-0.1, -0.05) is 51.1 Å². The Kier molecular flexibility index (Phi) is 6.52. The zero-order chi connectivity index (χ0) is 26.5. The molecule has 2 unspecified atom stereocenters. The Bertz CT molecular complexity index is 1230. The normalized spacial score (nSPS) is 31.1. The molecule has 3 heterocycles. The Hall–Kier alpha value is -2.97. The molecule has 3 N–H and O–H groups in total. The molecule has 2 aromatic carbocycles. The summed E-state index contributed by atoms with van der Waals surface area (Å²) in [7, 11) is 0. The minimum atomic E-state index is -1.12. The lowest BCUT2D eigenvalue weighted by Gasteiger charge is -2.38. The Balaban J connectivity index is 1.55. The summed E-state index contributed by atoms with van der Waals surface area (Å²) in [6.45, 7) is 7.94.